The summed E-state index contributed by atoms with van der Waals surface area (Å²) in [7, 11) is 0. The van der Waals surface area contributed by atoms with Crippen molar-refractivity contribution in [2.45, 2.75) is 12.8 Å². The Morgan fingerprint density at radius 2 is 2.23 bits per heavy atom. The maximum atomic E-state index is 4.97. The van der Waals surface area contributed by atoms with Gasteiger partial charge in [-0.15, -0.1) is 0 Å². The molecule has 0 fully saturated rings. The van der Waals surface area contributed by atoms with Gasteiger partial charge in [0, 0.05) is 11.9 Å². The van der Waals surface area contributed by atoms with Crippen LogP contribution in [-0.2, 0) is 12.8 Å². The molecule has 0 amide bonds. The molecule has 0 N–H and O–H groups in total. The van der Waals surface area contributed by atoms with E-state index in [9.17, 15) is 0 Å². The molecular formula is C10H10N2O. The standard InChI is InChI=1S/C10H10N2O/c1(9-4-6-13-7-9)2-10-3-5-11-8-12-10/h3-8H,1-2H2. The van der Waals surface area contributed by atoms with Crippen molar-refractivity contribution in [3.05, 3.63) is 48.4 Å². The fraction of sp³-hybridized carbons (Fsp3) is 0.200. The van der Waals surface area contributed by atoms with Crippen LogP contribution < -0.4 is 0 Å². The summed E-state index contributed by atoms with van der Waals surface area (Å²) >= 11 is 0. The molecule has 3 heteroatoms. The fourth-order valence-electron chi connectivity index (χ4n) is 1.17. The Bertz CT molecular complexity index is 342. The molecule has 2 aromatic heterocycles. The molecule has 66 valence electrons. The average molecular weight is 174 g/mol. The van der Waals surface area contributed by atoms with Crippen LogP contribution in [0.4, 0.5) is 0 Å². The van der Waals surface area contributed by atoms with Crippen molar-refractivity contribution in [1.29, 1.82) is 0 Å². The second-order valence-electron chi connectivity index (χ2n) is 2.83. The van der Waals surface area contributed by atoms with E-state index in [1.165, 1.54) is 5.56 Å². The summed E-state index contributed by atoms with van der Waals surface area (Å²) in [6.45, 7) is 0. The molecule has 0 aliphatic carbocycles. The Labute approximate surface area is 76.5 Å². The van der Waals surface area contributed by atoms with Crippen LogP contribution in [0.5, 0.6) is 0 Å². The number of hydrogen-bond donors (Lipinski definition) is 0. The van der Waals surface area contributed by atoms with Crippen molar-refractivity contribution in [2.75, 3.05) is 0 Å². The molecule has 2 rings (SSSR count). The van der Waals surface area contributed by atoms with Gasteiger partial charge >= 0.3 is 0 Å². The molecule has 2 heterocycles. The minimum atomic E-state index is 0.933. The predicted molar refractivity (Wildman–Crippen MR) is 48.1 cm³/mol. The quantitative estimate of drug-likeness (QED) is 0.712. The van der Waals surface area contributed by atoms with Crippen molar-refractivity contribution in [1.82, 2.24) is 9.97 Å². The van der Waals surface area contributed by atoms with Crippen molar-refractivity contribution < 1.29 is 4.42 Å². The number of aryl methyl sites for hydroxylation is 2. The minimum Gasteiger partial charge on any atom is -0.472 e. The molecule has 0 aliphatic heterocycles. The van der Waals surface area contributed by atoms with Gasteiger partial charge in [0.2, 0.25) is 0 Å². The molecular weight excluding hydrogens is 164 g/mol. The maximum absolute atomic E-state index is 4.97. The zero-order valence-electron chi connectivity index (χ0n) is 7.18. The Balaban J connectivity index is 1.94. The van der Waals surface area contributed by atoms with E-state index in [-0.39, 0.29) is 0 Å². The summed E-state index contributed by atoms with van der Waals surface area (Å²) in [5.41, 5.74) is 2.27. The molecule has 3 nitrogen and oxygen atoms in total. The first-order chi connectivity index (χ1) is 6.45. The van der Waals surface area contributed by atoms with E-state index in [0.29, 0.717) is 0 Å². The van der Waals surface area contributed by atoms with Crippen molar-refractivity contribution in [2.24, 2.45) is 0 Å². The third kappa shape index (κ3) is 2.15. The number of nitrogens with zero attached hydrogens (tertiary/aromatic N) is 2. The van der Waals surface area contributed by atoms with Crippen LogP contribution in [0.25, 0.3) is 0 Å². The van der Waals surface area contributed by atoms with Gasteiger partial charge in [-0.3, -0.25) is 0 Å². The van der Waals surface area contributed by atoms with E-state index in [1.807, 2.05) is 12.1 Å². The van der Waals surface area contributed by atoms with E-state index in [2.05, 4.69) is 9.97 Å². The second-order valence-corrected chi connectivity index (χ2v) is 2.83. The normalized spacial score (nSPS) is 10.2. The third-order valence-electron chi connectivity index (χ3n) is 1.89. The monoisotopic (exact) mass is 174 g/mol. The Hall–Kier alpha value is -1.64. The lowest BCUT2D eigenvalue weighted by molar-refractivity contribution is 0.563. The zero-order valence-corrected chi connectivity index (χ0v) is 7.18. The van der Waals surface area contributed by atoms with Crippen molar-refractivity contribution in [3.8, 4) is 0 Å². The number of hydrogen-bond acceptors (Lipinski definition) is 3. The third-order valence-corrected chi connectivity index (χ3v) is 1.89. The summed E-state index contributed by atoms with van der Waals surface area (Å²) in [6, 6.07) is 3.90. The summed E-state index contributed by atoms with van der Waals surface area (Å²) < 4.78 is 4.97. The SMILES string of the molecule is c1cc(CCc2ccoc2)ncn1. The molecule has 0 saturated carbocycles. The minimum absolute atomic E-state index is 0.933. The number of furan rings is 1. The first-order valence-electron chi connectivity index (χ1n) is 4.21. The van der Waals surface area contributed by atoms with Crippen LogP contribution in [0.15, 0.2) is 41.6 Å². The van der Waals surface area contributed by atoms with Gasteiger partial charge in [-0.05, 0) is 30.5 Å². The summed E-state index contributed by atoms with van der Waals surface area (Å²) in [4.78, 5) is 8.00. The summed E-state index contributed by atoms with van der Waals surface area (Å²) in [5.74, 6) is 0. The molecule has 0 radical (unpaired) electrons. The number of rotatable bonds is 3. The van der Waals surface area contributed by atoms with E-state index < -0.39 is 0 Å². The second kappa shape index (κ2) is 3.85. The van der Waals surface area contributed by atoms with Crippen molar-refractivity contribution >= 4 is 0 Å². The van der Waals surface area contributed by atoms with Gasteiger partial charge in [-0.1, -0.05) is 0 Å². The van der Waals surface area contributed by atoms with Crippen LogP contribution in [0, 0.1) is 0 Å². The van der Waals surface area contributed by atoms with Crippen LogP contribution in [0.1, 0.15) is 11.3 Å². The molecule has 0 bridgehead atoms. The van der Waals surface area contributed by atoms with Crippen molar-refractivity contribution in [3.63, 3.8) is 0 Å². The highest BCUT2D eigenvalue weighted by Crippen LogP contribution is 2.04. The van der Waals surface area contributed by atoms with Gasteiger partial charge in [0.05, 0.1) is 12.5 Å². The fourth-order valence-corrected chi connectivity index (χ4v) is 1.17. The molecule has 2 aromatic rings. The average Bonchev–Trinajstić information content (AvgIpc) is 2.69. The Morgan fingerprint density at radius 3 is 2.92 bits per heavy atom. The first-order valence-corrected chi connectivity index (χ1v) is 4.21. The highest BCUT2D eigenvalue weighted by Gasteiger charge is 1.96. The van der Waals surface area contributed by atoms with Gasteiger partial charge in [0.25, 0.3) is 0 Å². The van der Waals surface area contributed by atoms with E-state index in [4.69, 9.17) is 4.42 Å². The van der Waals surface area contributed by atoms with Crippen LogP contribution in [-0.4, -0.2) is 9.97 Å². The lowest BCUT2D eigenvalue weighted by atomic mass is 10.1. The molecule has 0 atom stereocenters. The van der Waals surface area contributed by atoms with E-state index in [1.54, 1.807) is 25.1 Å². The highest BCUT2D eigenvalue weighted by molar-refractivity contribution is 5.08. The predicted octanol–water partition coefficient (Wildman–Crippen LogP) is 1.85. The van der Waals surface area contributed by atoms with Gasteiger partial charge in [0.1, 0.15) is 6.33 Å². The molecule has 0 spiro atoms. The topological polar surface area (TPSA) is 38.9 Å². The zero-order chi connectivity index (χ0) is 8.93. The lowest BCUT2D eigenvalue weighted by Crippen LogP contribution is -1.92. The summed E-state index contributed by atoms with van der Waals surface area (Å²) in [6.07, 6.45) is 8.69. The number of aromatic nitrogens is 2. The molecule has 0 saturated heterocycles. The van der Waals surface area contributed by atoms with Crippen LogP contribution in [0.2, 0.25) is 0 Å². The Kier molecular flexibility index (Phi) is 2.36. The van der Waals surface area contributed by atoms with Gasteiger partial charge in [-0.25, -0.2) is 9.97 Å². The lowest BCUT2D eigenvalue weighted by Gasteiger charge is -1.96. The van der Waals surface area contributed by atoms with Crippen LogP contribution >= 0.6 is 0 Å². The van der Waals surface area contributed by atoms with E-state index in [0.717, 1.165) is 18.5 Å². The van der Waals surface area contributed by atoms with E-state index >= 15 is 0 Å². The molecule has 13 heavy (non-hydrogen) atoms. The first kappa shape index (κ1) is 7.98. The smallest absolute Gasteiger partial charge is 0.115 e. The van der Waals surface area contributed by atoms with Gasteiger partial charge < -0.3 is 4.42 Å². The van der Waals surface area contributed by atoms with Gasteiger partial charge in [-0.2, -0.15) is 0 Å². The Morgan fingerprint density at radius 1 is 1.23 bits per heavy atom. The molecule has 0 aliphatic rings. The van der Waals surface area contributed by atoms with Crippen LogP contribution in [0.3, 0.4) is 0 Å². The highest BCUT2D eigenvalue weighted by atomic mass is 16.3. The van der Waals surface area contributed by atoms with Gasteiger partial charge in [0.15, 0.2) is 0 Å². The molecule has 0 unspecified atom stereocenters. The largest absolute Gasteiger partial charge is 0.472 e. The summed E-state index contributed by atoms with van der Waals surface area (Å²) in [5, 5.41) is 0. The maximum Gasteiger partial charge on any atom is 0.115 e. The molecule has 0 aromatic carbocycles.